The third-order valence-corrected chi connectivity index (χ3v) is 3.67. The van der Waals surface area contributed by atoms with E-state index in [-0.39, 0.29) is 17.6 Å². The highest BCUT2D eigenvalue weighted by molar-refractivity contribution is 5.90. The summed E-state index contributed by atoms with van der Waals surface area (Å²) < 4.78 is 38.5. The lowest BCUT2D eigenvalue weighted by molar-refractivity contribution is -0.137. The number of nitrogens with zero attached hydrogens (tertiary/aromatic N) is 1. The van der Waals surface area contributed by atoms with E-state index >= 15 is 0 Å². The number of halogens is 3. The highest BCUT2D eigenvalue weighted by Crippen LogP contribution is 2.34. The van der Waals surface area contributed by atoms with Crippen molar-refractivity contribution in [3.8, 4) is 12.3 Å². The number of anilines is 1. The number of aromatic nitrogens is 1. The van der Waals surface area contributed by atoms with Gasteiger partial charge < -0.3 is 10.6 Å². The number of hydrogen-bond donors (Lipinski definition) is 2. The molecule has 0 spiro atoms. The van der Waals surface area contributed by atoms with Crippen molar-refractivity contribution in [3.05, 3.63) is 24.0 Å². The maximum absolute atomic E-state index is 12.8. The van der Waals surface area contributed by atoms with Gasteiger partial charge >= 0.3 is 12.2 Å². The Balaban J connectivity index is 2.05. The lowest BCUT2D eigenvalue weighted by Crippen LogP contribution is -2.43. The van der Waals surface area contributed by atoms with Crippen LogP contribution in [0.25, 0.3) is 0 Å². The van der Waals surface area contributed by atoms with Crippen LogP contribution in [0.5, 0.6) is 0 Å². The van der Waals surface area contributed by atoms with Gasteiger partial charge in [0.2, 0.25) is 0 Å². The number of terminal acetylenes is 1. The highest BCUT2D eigenvalue weighted by Gasteiger charge is 2.34. The minimum Gasteiger partial charge on any atom is -0.334 e. The minimum absolute atomic E-state index is 0.0875. The quantitative estimate of drug-likeness (QED) is 0.822. The number of urea groups is 1. The molecule has 7 heteroatoms. The van der Waals surface area contributed by atoms with Gasteiger partial charge in [-0.15, -0.1) is 12.3 Å². The average molecular weight is 311 g/mol. The molecule has 1 fully saturated rings. The Bertz CT molecular complexity index is 580. The van der Waals surface area contributed by atoms with E-state index in [1.54, 1.807) is 0 Å². The normalized spacial score (nSPS) is 21.7. The Kier molecular flexibility index (Phi) is 4.91. The van der Waals surface area contributed by atoms with E-state index in [0.29, 0.717) is 0 Å². The van der Waals surface area contributed by atoms with Crippen molar-refractivity contribution in [1.82, 2.24) is 10.3 Å². The van der Waals surface area contributed by atoms with Gasteiger partial charge in [-0.25, -0.2) is 4.79 Å². The van der Waals surface area contributed by atoms with Crippen LogP contribution in [0.3, 0.4) is 0 Å². The molecular weight excluding hydrogens is 295 g/mol. The summed E-state index contributed by atoms with van der Waals surface area (Å²) in [5.41, 5.74) is -1.31. The smallest absolute Gasteiger partial charge is 0.334 e. The molecule has 22 heavy (non-hydrogen) atoms. The van der Waals surface area contributed by atoms with Crippen LogP contribution in [0.4, 0.5) is 23.7 Å². The third-order valence-electron chi connectivity index (χ3n) is 3.67. The molecule has 0 saturated heterocycles. The summed E-state index contributed by atoms with van der Waals surface area (Å²) in [7, 11) is 0. The van der Waals surface area contributed by atoms with Gasteiger partial charge in [0.05, 0.1) is 17.4 Å². The van der Waals surface area contributed by atoms with Crippen molar-refractivity contribution in [3.63, 3.8) is 0 Å². The van der Waals surface area contributed by atoms with Crippen molar-refractivity contribution in [2.24, 2.45) is 5.92 Å². The van der Waals surface area contributed by atoms with Crippen LogP contribution in [-0.2, 0) is 6.18 Å². The highest BCUT2D eigenvalue weighted by atomic mass is 19.4. The second kappa shape index (κ2) is 6.69. The van der Waals surface area contributed by atoms with Crippen molar-refractivity contribution >= 4 is 11.7 Å². The van der Waals surface area contributed by atoms with Gasteiger partial charge in [0.25, 0.3) is 0 Å². The van der Waals surface area contributed by atoms with E-state index in [0.717, 1.165) is 44.1 Å². The molecule has 2 rings (SSSR count). The summed E-state index contributed by atoms with van der Waals surface area (Å²) in [5.74, 6) is 2.54. The second-order valence-electron chi connectivity index (χ2n) is 5.18. The Morgan fingerprint density at radius 2 is 2.09 bits per heavy atom. The van der Waals surface area contributed by atoms with Crippen molar-refractivity contribution in [2.45, 2.75) is 37.9 Å². The first kappa shape index (κ1) is 16.1. The molecule has 0 aromatic carbocycles. The molecule has 0 radical (unpaired) electrons. The van der Waals surface area contributed by atoms with E-state index in [9.17, 15) is 18.0 Å². The zero-order chi connectivity index (χ0) is 16.2. The average Bonchev–Trinajstić information content (AvgIpc) is 2.47. The molecule has 1 saturated carbocycles. The second-order valence-corrected chi connectivity index (χ2v) is 5.18. The largest absolute Gasteiger partial charge is 0.418 e. The Hall–Kier alpha value is -2.23. The summed E-state index contributed by atoms with van der Waals surface area (Å²) in [4.78, 5) is 15.6. The molecule has 1 aliphatic carbocycles. The number of pyridine rings is 1. The van der Waals surface area contributed by atoms with Crippen LogP contribution in [0.2, 0.25) is 0 Å². The first-order valence-electron chi connectivity index (χ1n) is 6.96. The first-order valence-corrected chi connectivity index (χ1v) is 6.96. The molecule has 0 unspecified atom stereocenters. The molecule has 2 atom stereocenters. The summed E-state index contributed by atoms with van der Waals surface area (Å²) in [5, 5.41) is 4.87. The van der Waals surface area contributed by atoms with Crippen LogP contribution in [0.1, 0.15) is 31.2 Å². The van der Waals surface area contributed by atoms with E-state index in [1.807, 2.05) is 0 Å². The summed E-state index contributed by atoms with van der Waals surface area (Å²) in [6, 6.07) is -0.101. The lowest BCUT2D eigenvalue weighted by Gasteiger charge is -2.28. The number of nitrogens with one attached hydrogen (secondary N) is 2. The van der Waals surface area contributed by atoms with Crippen LogP contribution < -0.4 is 10.6 Å². The molecule has 1 aliphatic rings. The molecule has 0 bridgehead atoms. The summed E-state index contributed by atoms with van der Waals surface area (Å²) in [6.07, 6.45) is 6.33. The van der Waals surface area contributed by atoms with Gasteiger partial charge in [0.15, 0.2) is 0 Å². The molecule has 2 amide bonds. The van der Waals surface area contributed by atoms with Crippen LogP contribution in [-0.4, -0.2) is 17.1 Å². The van der Waals surface area contributed by atoms with Crippen LogP contribution >= 0.6 is 0 Å². The number of alkyl halides is 3. The van der Waals surface area contributed by atoms with E-state index in [1.165, 1.54) is 0 Å². The molecular formula is C15H16F3N3O. The zero-order valence-electron chi connectivity index (χ0n) is 11.8. The fourth-order valence-corrected chi connectivity index (χ4v) is 2.57. The van der Waals surface area contributed by atoms with Gasteiger partial charge in [-0.05, 0) is 18.9 Å². The van der Waals surface area contributed by atoms with E-state index in [2.05, 4.69) is 21.5 Å². The van der Waals surface area contributed by atoms with E-state index < -0.39 is 17.8 Å². The number of hydrogen-bond acceptors (Lipinski definition) is 2. The number of rotatable bonds is 2. The standard InChI is InChI=1S/C15H16F3N3O/c1-2-10-5-3-4-6-12(10)20-14(22)21-13-9-19-8-7-11(13)15(16,17)18/h1,7-10,12H,3-6H2,(H2,20,21,22)/t10-,12-/m0/s1. The van der Waals surface area contributed by atoms with Gasteiger partial charge in [-0.1, -0.05) is 12.8 Å². The monoisotopic (exact) mass is 311 g/mol. The van der Waals surface area contributed by atoms with Crippen LogP contribution in [0.15, 0.2) is 18.5 Å². The Labute approximate surface area is 126 Å². The van der Waals surface area contributed by atoms with Crippen LogP contribution in [0, 0.1) is 18.3 Å². The van der Waals surface area contributed by atoms with Gasteiger partial charge in [-0.3, -0.25) is 4.98 Å². The number of amides is 2. The molecule has 0 aliphatic heterocycles. The molecule has 118 valence electrons. The minimum atomic E-state index is -4.56. The molecule has 1 heterocycles. The Morgan fingerprint density at radius 1 is 1.36 bits per heavy atom. The van der Waals surface area contributed by atoms with Gasteiger partial charge in [0, 0.05) is 18.2 Å². The van der Waals surface area contributed by atoms with Crippen molar-refractivity contribution in [1.29, 1.82) is 0 Å². The number of carbonyl (C=O) groups is 1. The molecule has 4 nitrogen and oxygen atoms in total. The lowest BCUT2D eigenvalue weighted by atomic mass is 9.85. The first-order chi connectivity index (χ1) is 10.4. The van der Waals surface area contributed by atoms with E-state index in [4.69, 9.17) is 6.42 Å². The van der Waals surface area contributed by atoms with Crippen molar-refractivity contribution < 1.29 is 18.0 Å². The van der Waals surface area contributed by atoms with Crippen molar-refractivity contribution in [2.75, 3.05) is 5.32 Å². The third kappa shape index (κ3) is 3.91. The topological polar surface area (TPSA) is 54.0 Å². The fraction of sp³-hybridized carbons (Fsp3) is 0.467. The van der Waals surface area contributed by atoms with Gasteiger partial charge in [0.1, 0.15) is 0 Å². The zero-order valence-corrected chi connectivity index (χ0v) is 11.8. The predicted octanol–water partition coefficient (Wildman–Crippen LogP) is 3.41. The number of carbonyl (C=O) groups excluding carboxylic acids is 1. The molecule has 1 aromatic heterocycles. The summed E-state index contributed by atoms with van der Waals surface area (Å²) >= 11 is 0. The maximum Gasteiger partial charge on any atom is 0.418 e. The molecule has 1 aromatic rings. The SMILES string of the molecule is C#C[C@H]1CCCC[C@@H]1NC(=O)Nc1cnccc1C(F)(F)F. The summed E-state index contributed by atoms with van der Waals surface area (Å²) in [6.45, 7) is 0. The molecule has 2 N–H and O–H groups in total. The Morgan fingerprint density at radius 3 is 2.77 bits per heavy atom. The van der Waals surface area contributed by atoms with Gasteiger partial charge in [-0.2, -0.15) is 13.2 Å². The predicted molar refractivity (Wildman–Crippen MR) is 76.0 cm³/mol. The maximum atomic E-state index is 12.8. The fourth-order valence-electron chi connectivity index (χ4n) is 2.57.